The van der Waals surface area contributed by atoms with Crippen molar-refractivity contribution in [3.05, 3.63) is 65.7 Å². The maximum Gasteiger partial charge on any atom is 0.417 e. The van der Waals surface area contributed by atoms with Gasteiger partial charge in [0.2, 0.25) is 11.8 Å². The molecule has 0 radical (unpaired) electrons. The number of rotatable bonds is 4. The summed E-state index contributed by atoms with van der Waals surface area (Å²) < 4.78 is 5.22. The Morgan fingerprint density at radius 1 is 1.12 bits per heavy atom. The predicted molar refractivity (Wildman–Crippen MR) is 96.3 cm³/mol. The average Bonchev–Trinajstić information content (AvgIpc) is 3.04. The number of benzene rings is 2. The highest BCUT2D eigenvalue weighted by atomic mass is 16.6. The van der Waals surface area contributed by atoms with E-state index in [2.05, 4.69) is 5.32 Å². The molecule has 1 N–H and O–H groups in total. The lowest BCUT2D eigenvalue weighted by atomic mass is 10.1. The zero-order valence-electron chi connectivity index (χ0n) is 14.5. The molecule has 0 bridgehead atoms. The molecule has 0 aromatic heterocycles. The molecule has 1 atom stereocenters. The van der Waals surface area contributed by atoms with Gasteiger partial charge in [-0.2, -0.15) is 0 Å². The Balaban J connectivity index is 1.67. The summed E-state index contributed by atoms with van der Waals surface area (Å²) >= 11 is 0. The summed E-state index contributed by atoms with van der Waals surface area (Å²) in [5.74, 6) is -0.783. The summed E-state index contributed by atoms with van der Waals surface area (Å²) in [6.45, 7) is 1.93. The number of carbonyl (C=O) groups is 3. The van der Waals surface area contributed by atoms with E-state index in [1.165, 1.54) is 0 Å². The maximum absolute atomic E-state index is 12.6. The van der Waals surface area contributed by atoms with E-state index in [1.807, 2.05) is 55.5 Å². The second-order valence-corrected chi connectivity index (χ2v) is 6.16. The lowest BCUT2D eigenvalue weighted by molar-refractivity contribution is -0.131. The van der Waals surface area contributed by atoms with Crippen LogP contribution in [-0.4, -0.2) is 28.8 Å². The zero-order chi connectivity index (χ0) is 18.5. The van der Waals surface area contributed by atoms with Gasteiger partial charge in [0.15, 0.2) is 0 Å². The van der Waals surface area contributed by atoms with Crippen LogP contribution in [0.15, 0.2) is 54.6 Å². The number of carbonyl (C=O) groups excluding carboxylic acids is 3. The van der Waals surface area contributed by atoms with Crippen molar-refractivity contribution in [2.75, 3.05) is 5.32 Å². The predicted octanol–water partition coefficient (Wildman–Crippen LogP) is 3.26. The van der Waals surface area contributed by atoms with Gasteiger partial charge in [-0.3, -0.25) is 9.59 Å². The average molecular weight is 352 g/mol. The molecule has 26 heavy (non-hydrogen) atoms. The first kappa shape index (κ1) is 17.7. The molecule has 6 heteroatoms. The Bertz CT molecular complexity index is 820. The molecular formula is C20H20N2O4. The van der Waals surface area contributed by atoms with Crippen LogP contribution >= 0.6 is 0 Å². The number of nitrogens with one attached hydrogen (secondary N) is 1. The number of hydrogen-bond donors (Lipinski definition) is 1. The number of aryl methyl sites for hydroxylation is 1. The van der Waals surface area contributed by atoms with E-state index in [0.717, 1.165) is 16.0 Å². The number of imide groups is 1. The molecule has 6 nitrogen and oxygen atoms in total. The summed E-state index contributed by atoms with van der Waals surface area (Å²) in [4.78, 5) is 38.0. The van der Waals surface area contributed by atoms with Crippen molar-refractivity contribution in [2.45, 2.75) is 32.4 Å². The Hall–Kier alpha value is -3.15. The Labute approximate surface area is 151 Å². The van der Waals surface area contributed by atoms with Crippen LogP contribution in [0.1, 0.15) is 24.0 Å². The van der Waals surface area contributed by atoms with Gasteiger partial charge in [0.1, 0.15) is 12.6 Å². The van der Waals surface area contributed by atoms with Crippen molar-refractivity contribution in [2.24, 2.45) is 0 Å². The van der Waals surface area contributed by atoms with E-state index in [1.54, 1.807) is 6.07 Å². The molecule has 0 unspecified atom stereocenters. The van der Waals surface area contributed by atoms with Gasteiger partial charge in [0.05, 0.1) is 0 Å². The van der Waals surface area contributed by atoms with Crippen LogP contribution in [-0.2, 0) is 20.9 Å². The molecule has 0 spiro atoms. The maximum atomic E-state index is 12.6. The third kappa shape index (κ3) is 3.91. The highest BCUT2D eigenvalue weighted by molar-refractivity contribution is 6.04. The van der Waals surface area contributed by atoms with Gasteiger partial charge in [0, 0.05) is 12.1 Å². The molecule has 0 aliphatic carbocycles. The van der Waals surface area contributed by atoms with Crippen LogP contribution in [0.4, 0.5) is 10.5 Å². The summed E-state index contributed by atoms with van der Waals surface area (Å²) in [6.07, 6.45) is -0.357. The van der Waals surface area contributed by atoms with Crippen molar-refractivity contribution in [3.8, 4) is 0 Å². The second-order valence-electron chi connectivity index (χ2n) is 6.16. The first-order valence-electron chi connectivity index (χ1n) is 8.45. The summed E-state index contributed by atoms with van der Waals surface area (Å²) in [6, 6.07) is 15.7. The highest BCUT2D eigenvalue weighted by Crippen LogP contribution is 2.23. The fraction of sp³-hybridized carbons (Fsp3) is 0.250. The Kier molecular flexibility index (Phi) is 5.31. The number of nitrogens with zero attached hydrogens (tertiary/aromatic N) is 1. The SMILES string of the molecule is Cc1ccccc1NC(=O)[C@H]1CCC(=O)N1C(=O)OCc1ccccc1. The lowest BCUT2D eigenvalue weighted by Gasteiger charge is -2.22. The molecule has 134 valence electrons. The van der Waals surface area contributed by atoms with Gasteiger partial charge in [-0.15, -0.1) is 0 Å². The van der Waals surface area contributed by atoms with Gasteiger partial charge in [-0.1, -0.05) is 48.5 Å². The molecule has 1 fully saturated rings. The standard InChI is InChI=1S/C20H20N2O4/c1-14-7-5-6-10-16(14)21-19(24)17-11-12-18(23)22(17)20(25)26-13-15-8-3-2-4-9-15/h2-10,17H,11-13H2,1H3,(H,21,24)/t17-/m1/s1. The van der Waals surface area contributed by atoms with E-state index in [4.69, 9.17) is 4.74 Å². The van der Waals surface area contributed by atoms with E-state index < -0.39 is 18.0 Å². The molecule has 1 heterocycles. The molecule has 1 aliphatic rings. The van der Waals surface area contributed by atoms with Crippen molar-refractivity contribution in [1.29, 1.82) is 0 Å². The number of ether oxygens (including phenoxy) is 1. The number of likely N-dealkylation sites (tertiary alicyclic amines) is 1. The minimum absolute atomic E-state index is 0.0512. The van der Waals surface area contributed by atoms with E-state index in [9.17, 15) is 14.4 Å². The fourth-order valence-electron chi connectivity index (χ4n) is 2.88. The van der Waals surface area contributed by atoms with Crippen LogP contribution in [0.2, 0.25) is 0 Å². The zero-order valence-corrected chi connectivity index (χ0v) is 14.5. The van der Waals surface area contributed by atoms with Gasteiger partial charge in [-0.25, -0.2) is 9.69 Å². The molecule has 0 saturated carbocycles. The van der Waals surface area contributed by atoms with Crippen molar-refractivity contribution < 1.29 is 19.1 Å². The number of hydrogen-bond acceptors (Lipinski definition) is 4. The van der Waals surface area contributed by atoms with Crippen LogP contribution in [0.25, 0.3) is 0 Å². The summed E-state index contributed by atoms with van der Waals surface area (Å²) in [5, 5.41) is 2.79. The molecule has 3 amide bonds. The van der Waals surface area contributed by atoms with Crippen molar-refractivity contribution in [1.82, 2.24) is 4.90 Å². The minimum atomic E-state index is -0.856. The van der Waals surface area contributed by atoms with Crippen LogP contribution in [0.3, 0.4) is 0 Å². The lowest BCUT2D eigenvalue weighted by Crippen LogP contribution is -2.45. The third-order valence-corrected chi connectivity index (χ3v) is 4.32. The van der Waals surface area contributed by atoms with Crippen LogP contribution in [0, 0.1) is 6.92 Å². The summed E-state index contributed by atoms with van der Waals surface area (Å²) in [5.41, 5.74) is 2.38. The third-order valence-electron chi connectivity index (χ3n) is 4.32. The molecule has 1 aliphatic heterocycles. The van der Waals surface area contributed by atoms with Gasteiger partial charge >= 0.3 is 6.09 Å². The quantitative estimate of drug-likeness (QED) is 0.916. The first-order valence-corrected chi connectivity index (χ1v) is 8.45. The van der Waals surface area contributed by atoms with Gasteiger partial charge < -0.3 is 10.1 Å². The van der Waals surface area contributed by atoms with Crippen LogP contribution < -0.4 is 5.32 Å². The monoisotopic (exact) mass is 352 g/mol. The number of anilines is 1. The van der Waals surface area contributed by atoms with E-state index >= 15 is 0 Å². The molecule has 3 rings (SSSR count). The molecule has 2 aromatic rings. The van der Waals surface area contributed by atoms with Crippen molar-refractivity contribution in [3.63, 3.8) is 0 Å². The van der Waals surface area contributed by atoms with Gasteiger partial charge in [-0.05, 0) is 30.5 Å². The largest absolute Gasteiger partial charge is 0.444 e. The topological polar surface area (TPSA) is 75.7 Å². The van der Waals surface area contributed by atoms with Crippen LogP contribution in [0.5, 0.6) is 0 Å². The normalized spacial score (nSPS) is 16.4. The smallest absolute Gasteiger partial charge is 0.417 e. The van der Waals surface area contributed by atoms with Crippen molar-refractivity contribution >= 4 is 23.6 Å². The second kappa shape index (κ2) is 7.82. The number of amides is 3. The molecule has 1 saturated heterocycles. The summed E-state index contributed by atoms with van der Waals surface area (Å²) in [7, 11) is 0. The molecular weight excluding hydrogens is 332 g/mol. The Morgan fingerprint density at radius 2 is 1.81 bits per heavy atom. The minimum Gasteiger partial charge on any atom is -0.444 e. The van der Waals surface area contributed by atoms with E-state index in [0.29, 0.717) is 5.69 Å². The number of para-hydroxylation sites is 1. The van der Waals surface area contributed by atoms with E-state index in [-0.39, 0.29) is 25.4 Å². The Morgan fingerprint density at radius 3 is 2.54 bits per heavy atom. The highest BCUT2D eigenvalue weighted by Gasteiger charge is 2.41. The molecule has 2 aromatic carbocycles. The first-order chi connectivity index (χ1) is 12.6. The van der Waals surface area contributed by atoms with Gasteiger partial charge in [0.25, 0.3) is 0 Å². The fourth-order valence-corrected chi connectivity index (χ4v) is 2.88.